The van der Waals surface area contributed by atoms with Crippen LogP contribution in [0.5, 0.6) is 11.5 Å². The van der Waals surface area contributed by atoms with Crippen molar-refractivity contribution in [2.45, 2.75) is 45.6 Å². The number of rotatable bonds is 6. The summed E-state index contributed by atoms with van der Waals surface area (Å²) in [6.45, 7) is 6.14. The second-order valence-corrected chi connectivity index (χ2v) is 5.43. The van der Waals surface area contributed by atoms with E-state index in [0.717, 1.165) is 36.3 Å². The van der Waals surface area contributed by atoms with Gasteiger partial charge in [0.15, 0.2) is 0 Å². The van der Waals surface area contributed by atoms with Gasteiger partial charge in [0.1, 0.15) is 11.5 Å². The Balaban J connectivity index is 2.80. The number of aryl methyl sites for hydroxylation is 1. The highest BCUT2D eigenvalue weighted by atomic mass is 16.5. The number of ether oxygens (including phenoxy) is 2. The third kappa shape index (κ3) is 3.91. The van der Waals surface area contributed by atoms with Crippen LogP contribution in [0.25, 0.3) is 0 Å². The third-order valence-corrected chi connectivity index (χ3v) is 3.13. The van der Waals surface area contributed by atoms with Gasteiger partial charge in [-0.3, -0.25) is 0 Å². The minimum Gasteiger partial charge on any atom is -0.496 e. The van der Waals surface area contributed by atoms with Crippen LogP contribution in [-0.4, -0.2) is 19.8 Å². The molecular formula is C15H25NO2. The topological polar surface area (TPSA) is 44.5 Å². The molecule has 18 heavy (non-hydrogen) atoms. The second-order valence-electron chi connectivity index (χ2n) is 5.43. The van der Waals surface area contributed by atoms with Crippen molar-refractivity contribution in [3.63, 3.8) is 0 Å². The van der Waals surface area contributed by atoms with Crippen LogP contribution < -0.4 is 15.2 Å². The molecule has 0 aliphatic rings. The van der Waals surface area contributed by atoms with Crippen molar-refractivity contribution < 1.29 is 9.47 Å². The molecule has 0 unspecified atom stereocenters. The van der Waals surface area contributed by atoms with E-state index in [-0.39, 0.29) is 5.54 Å². The first kappa shape index (κ1) is 14.8. The van der Waals surface area contributed by atoms with Gasteiger partial charge in [-0.25, -0.2) is 0 Å². The van der Waals surface area contributed by atoms with Crippen molar-refractivity contribution in [1.29, 1.82) is 0 Å². The Kier molecular flexibility index (Phi) is 5.03. The Morgan fingerprint density at radius 3 is 2.33 bits per heavy atom. The van der Waals surface area contributed by atoms with Crippen LogP contribution in [0.1, 0.15) is 37.8 Å². The Morgan fingerprint density at radius 2 is 1.83 bits per heavy atom. The zero-order chi connectivity index (χ0) is 13.8. The van der Waals surface area contributed by atoms with Crippen LogP contribution in [0.3, 0.4) is 0 Å². The average molecular weight is 251 g/mol. The summed E-state index contributed by atoms with van der Waals surface area (Å²) in [6, 6.07) is 4.08. The maximum Gasteiger partial charge on any atom is 0.128 e. The summed E-state index contributed by atoms with van der Waals surface area (Å²) in [6.07, 6.45) is 3.04. The van der Waals surface area contributed by atoms with Gasteiger partial charge in [0.05, 0.1) is 14.2 Å². The van der Waals surface area contributed by atoms with Gasteiger partial charge in [-0.1, -0.05) is 6.07 Å². The highest BCUT2D eigenvalue weighted by Gasteiger charge is 2.13. The highest BCUT2D eigenvalue weighted by molar-refractivity contribution is 5.49. The monoisotopic (exact) mass is 251 g/mol. The maximum absolute atomic E-state index is 5.99. The number of methoxy groups -OCH3 is 2. The Hall–Kier alpha value is -1.22. The number of hydrogen-bond donors (Lipinski definition) is 1. The van der Waals surface area contributed by atoms with Crippen LogP contribution in [0.4, 0.5) is 0 Å². The lowest BCUT2D eigenvalue weighted by Crippen LogP contribution is -2.31. The summed E-state index contributed by atoms with van der Waals surface area (Å²) < 4.78 is 10.8. The molecule has 0 fully saturated rings. The number of nitrogens with two attached hydrogens (primary N) is 1. The predicted molar refractivity (Wildman–Crippen MR) is 75.5 cm³/mol. The molecule has 0 saturated heterocycles. The first-order chi connectivity index (χ1) is 8.39. The largest absolute Gasteiger partial charge is 0.496 e. The van der Waals surface area contributed by atoms with E-state index in [9.17, 15) is 0 Å². The molecule has 0 aromatic heterocycles. The van der Waals surface area contributed by atoms with Crippen molar-refractivity contribution >= 4 is 0 Å². The van der Waals surface area contributed by atoms with Crippen molar-refractivity contribution in [2.75, 3.05) is 14.2 Å². The first-order valence-electron chi connectivity index (χ1n) is 6.38. The van der Waals surface area contributed by atoms with Crippen molar-refractivity contribution in [3.8, 4) is 11.5 Å². The molecule has 1 aromatic carbocycles. The molecular weight excluding hydrogens is 226 g/mol. The molecule has 0 bridgehead atoms. The third-order valence-electron chi connectivity index (χ3n) is 3.13. The molecule has 1 rings (SSSR count). The molecule has 1 aromatic rings. The average Bonchev–Trinajstić information content (AvgIpc) is 2.28. The van der Waals surface area contributed by atoms with Gasteiger partial charge >= 0.3 is 0 Å². The minimum atomic E-state index is -0.102. The van der Waals surface area contributed by atoms with Crippen LogP contribution >= 0.6 is 0 Å². The molecule has 0 amide bonds. The molecule has 0 radical (unpaired) electrons. The molecule has 0 heterocycles. The van der Waals surface area contributed by atoms with Crippen molar-refractivity contribution in [1.82, 2.24) is 0 Å². The molecule has 102 valence electrons. The van der Waals surface area contributed by atoms with Gasteiger partial charge in [-0.05, 0) is 51.7 Å². The van der Waals surface area contributed by atoms with Gasteiger partial charge in [0.25, 0.3) is 0 Å². The molecule has 0 spiro atoms. The van der Waals surface area contributed by atoms with E-state index in [0.29, 0.717) is 0 Å². The van der Waals surface area contributed by atoms with Gasteiger partial charge in [0.2, 0.25) is 0 Å². The Bertz CT molecular complexity index is 394. The normalized spacial score (nSPS) is 11.4. The van der Waals surface area contributed by atoms with Gasteiger partial charge < -0.3 is 15.2 Å². The quantitative estimate of drug-likeness (QED) is 0.845. The van der Waals surface area contributed by atoms with Crippen molar-refractivity contribution in [3.05, 3.63) is 23.3 Å². The smallest absolute Gasteiger partial charge is 0.128 e. The van der Waals surface area contributed by atoms with Crippen LogP contribution in [-0.2, 0) is 6.42 Å². The minimum absolute atomic E-state index is 0.102. The van der Waals surface area contributed by atoms with Crippen LogP contribution in [0, 0.1) is 6.92 Å². The van der Waals surface area contributed by atoms with Crippen LogP contribution in [0.15, 0.2) is 12.1 Å². The first-order valence-corrected chi connectivity index (χ1v) is 6.38. The highest BCUT2D eigenvalue weighted by Crippen LogP contribution is 2.32. The van der Waals surface area contributed by atoms with E-state index in [1.54, 1.807) is 14.2 Å². The zero-order valence-corrected chi connectivity index (χ0v) is 12.2. The number of hydrogen-bond acceptors (Lipinski definition) is 3. The lowest BCUT2D eigenvalue weighted by molar-refractivity contribution is 0.383. The fourth-order valence-electron chi connectivity index (χ4n) is 2.17. The molecule has 0 aliphatic heterocycles. The molecule has 3 nitrogen and oxygen atoms in total. The molecule has 0 aliphatic carbocycles. The zero-order valence-electron chi connectivity index (χ0n) is 12.2. The van der Waals surface area contributed by atoms with Gasteiger partial charge in [0, 0.05) is 11.1 Å². The Morgan fingerprint density at radius 1 is 1.17 bits per heavy atom. The second kappa shape index (κ2) is 6.10. The van der Waals surface area contributed by atoms with E-state index in [1.165, 1.54) is 5.56 Å². The van der Waals surface area contributed by atoms with Gasteiger partial charge in [-0.2, -0.15) is 0 Å². The predicted octanol–water partition coefficient (Wildman–Crippen LogP) is 3.07. The SMILES string of the molecule is COc1ccc(CCCC(C)(C)N)c(OC)c1C. The fraction of sp³-hybridized carbons (Fsp3) is 0.600. The molecule has 0 atom stereocenters. The van der Waals surface area contributed by atoms with E-state index in [4.69, 9.17) is 15.2 Å². The summed E-state index contributed by atoms with van der Waals surface area (Å²) in [5.74, 6) is 1.80. The van der Waals surface area contributed by atoms with E-state index in [1.807, 2.05) is 13.0 Å². The summed E-state index contributed by atoms with van der Waals surface area (Å²) in [4.78, 5) is 0. The van der Waals surface area contributed by atoms with Crippen molar-refractivity contribution in [2.24, 2.45) is 5.73 Å². The van der Waals surface area contributed by atoms with E-state index >= 15 is 0 Å². The summed E-state index contributed by atoms with van der Waals surface area (Å²) in [5.41, 5.74) is 8.17. The van der Waals surface area contributed by atoms with E-state index < -0.39 is 0 Å². The maximum atomic E-state index is 5.99. The number of benzene rings is 1. The van der Waals surface area contributed by atoms with Crippen LogP contribution in [0.2, 0.25) is 0 Å². The summed E-state index contributed by atoms with van der Waals surface area (Å²) in [5, 5.41) is 0. The molecule has 0 saturated carbocycles. The Labute approximate surface area is 110 Å². The summed E-state index contributed by atoms with van der Waals surface area (Å²) >= 11 is 0. The van der Waals surface area contributed by atoms with Gasteiger partial charge in [-0.15, -0.1) is 0 Å². The fourth-order valence-corrected chi connectivity index (χ4v) is 2.17. The lowest BCUT2D eigenvalue weighted by atomic mass is 9.95. The van der Waals surface area contributed by atoms with E-state index in [2.05, 4.69) is 19.9 Å². The standard InChI is InChI=1S/C15H25NO2/c1-11-13(17-4)9-8-12(14(11)18-5)7-6-10-15(2,3)16/h8-9H,6-7,10,16H2,1-5H3. The lowest BCUT2D eigenvalue weighted by Gasteiger charge is -2.19. The molecule has 3 heteroatoms. The molecule has 2 N–H and O–H groups in total. The summed E-state index contributed by atoms with van der Waals surface area (Å²) in [7, 11) is 3.39.